The summed E-state index contributed by atoms with van der Waals surface area (Å²) in [5.74, 6) is 0.170. The highest BCUT2D eigenvalue weighted by molar-refractivity contribution is 7.86. The maximum absolute atomic E-state index is 12.2. The van der Waals surface area contributed by atoms with Crippen LogP contribution in [0.1, 0.15) is 16.8 Å². The van der Waals surface area contributed by atoms with Crippen LogP contribution in [0.5, 0.6) is 5.75 Å². The van der Waals surface area contributed by atoms with E-state index in [1.165, 1.54) is 37.5 Å². The Morgan fingerprint density at radius 3 is 2.32 bits per heavy atom. The summed E-state index contributed by atoms with van der Waals surface area (Å²) in [7, 11) is -2.95. The van der Waals surface area contributed by atoms with Crippen molar-refractivity contribution in [1.29, 1.82) is 0 Å². The average Bonchev–Trinajstić information content (AvgIpc) is 2.49. The van der Waals surface area contributed by atoms with Crippen LogP contribution in [-0.4, -0.2) is 31.1 Å². The summed E-state index contributed by atoms with van der Waals surface area (Å²) >= 11 is 0. The molecule has 0 spiro atoms. The molecule has 0 aliphatic heterocycles. The highest BCUT2D eigenvalue weighted by Crippen LogP contribution is 2.20. The van der Waals surface area contributed by atoms with E-state index in [4.69, 9.17) is 4.74 Å². The van der Waals surface area contributed by atoms with Gasteiger partial charge in [0.2, 0.25) is 0 Å². The minimum Gasteiger partial charge on any atom is -0.497 e. The molecular weight excluding hydrogens is 304 g/mol. The van der Waals surface area contributed by atoms with Gasteiger partial charge in [0.05, 0.1) is 7.11 Å². The number of hydrogen-bond acceptors (Lipinski definition) is 4. The Morgan fingerprint density at radius 2 is 1.91 bits per heavy atom. The second-order valence-electron chi connectivity index (χ2n) is 4.47. The summed E-state index contributed by atoms with van der Waals surface area (Å²) in [4.78, 5) is 12.2. The zero-order valence-corrected chi connectivity index (χ0v) is 13.0. The van der Waals surface area contributed by atoms with Crippen molar-refractivity contribution in [3.63, 3.8) is 0 Å². The minimum atomic E-state index is -4.45. The van der Waals surface area contributed by atoms with Gasteiger partial charge in [-0.2, -0.15) is 8.42 Å². The molecule has 0 bridgehead atoms. The largest absolute Gasteiger partial charge is 0.497 e. The lowest BCUT2D eigenvalue weighted by Crippen LogP contribution is -2.25. The first-order valence-electron chi connectivity index (χ1n) is 6.42. The van der Waals surface area contributed by atoms with Crippen molar-refractivity contribution in [2.45, 2.75) is 11.7 Å². The van der Waals surface area contributed by atoms with Crippen molar-refractivity contribution in [1.82, 2.24) is 0 Å². The number of ketones is 1. The summed E-state index contributed by atoms with van der Waals surface area (Å²) < 4.78 is 37.4. The molecule has 22 heavy (non-hydrogen) atoms. The maximum Gasteiger partial charge on any atom is 0.272 e. The van der Waals surface area contributed by atoms with Crippen LogP contribution < -0.4 is 4.74 Å². The van der Waals surface area contributed by atoms with E-state index < -0.39 is 27.6 Å². The molecule has 0 aliphatic carbocycles. The first-order valence-corrected chi connectivity index (χ1v) is 7.92. The summed E-state index contributed by atoms with van der Waals surface area (Å²) in [6.07, 6.45) is 3.65. The Hall–Kier alpha value is -2.18. The van der Waals surface area contributed by atoms with Gasteiger partial charge in [-0.25, -0.2) is 0 Å². The number of rotatable bonds is 8. The third-order valence-electron chi connectivity index (χ3n) is 3.06. The molecular formula is C16H18O5S. The van der Waals surface area contributed by atoms with Crippen LogP contribution in [0.3, 0.4) is 0 Å². The van der Waals surface area contributed by atoms with Crippen molar-refractivity contribution >= 4 is 15.9 Å². The van der Waals surface area contributed by atoms with Crippen LogP contribution in [0.2, 0.25) is 0 Å². The fourth-order valence-electron chi connectivity index (χ4n) is 1.90. The average molecular weight is 322 g/mol. The summed E-state index contributed by atoms with van der Waals surface area (Å²) in [5, 5.41) is -1.38. The molecule has 5 nitrogen and oxygen atoms in total. The van der Waals surface area contributed by atoms with E-state index in [-0.39, 0.29) is 5.57 Å². The Morgan fingerprint density at radius 1 is 1.32 bits per heavy atom. The predicted octanol–water partition coefficient (Wildman–Crippen LogP) is 2.82. The Bertz CT molecular complexity index is 684. The monoisotopic (exact) mass is 322 g/mol. The topological polar surface area (TPSA) is 80.7 Å². The smallest absolute Gasteiger partial charge is 0.272 e. The van der Waals surface area contributed by atoms with E-state index in [9.17, 15) is 17.8 Å². The molecule has 1 aromatic carbocycles. The number of allylic oxidation sites excluding steroid dienone is 3. The molecule has 1 unspecified atom stereocenters. The highest BCUT2D eigenvalue weighted by Gasteiger charge is 2.28. The van der Waals surface area contributed by atoms with Crippen molar-refractivity contribution < 1.29 is 22.5 Å². The van der Waals surface area contributed by atoms with E-state index in [2.05, 4.69) is 13.2 Å². The first-order chi connectivity index (χ1) is 10.3. The molecule has 0 saturated heterocycles. The van der Waals surface area contributed by atoms with Crippen LogP contribution in [0.15, 0.2) is 61.2 Å². The van der Waals surface area contributed by atoms with Crippen molar-refractivity contribution in [2.75, 3.05) is 7.11 Å². The van der Waals surface area contributed by atoms with Gasteiger partial charge in [0.15, 0.2) is 5.78 Å². The molecule has 0 saturated carbocycles. The Kier molecular flexibility index (Phi) is 6.27. The van der Waals surface area contributed by atoms with Gasteiger partial charge in [-0.05, 0) is 29.8 Å². The molecule has 118 valence electrons. The third kappa shape index (κ3) is 4.68. The van der Waals surface area contributed by atoms with Crippen LogP contribution in [0.4, 0.5) is 0 Å². The zero-order chi connectivity index (χ0) is 16.8. The summed E-state index contributed by atoms with van der Waals surface area (Å²) in [6, 6.07) is 6.27. The molecule has 1 atom stereocenters. The molecule has 0 amide bonds. The second-order valence-corrected chi connectivity index (χ2v) is 6.06. The number of benzene rings is 1. The molecule has 0 aliphatic rings. The summed E-state index contributed by atoms with van der Waals surface area (Å²) in [5.41, 5.74) is 0.538. The molecule has 1 N–H and O–H groups in total. The SMILES string of the molecule is C=C/C=C(\C=C)C(CC(=O)c1ccc(OC)cc1)S(=O)(=O)O. The van der Waals surface area contributed by atoms with Crippen molar-refractivity contribution in [3.8, 4) is 5.75 Å². The van der Waals surface area contributed by atoms with E-state index >= 15 is 0 Å². The molecule has 6 heteroatoms. The number of carbonyl (C=O) groups is 1. The fourth-order valence-corrected chi connectivity index (χ4v) is 2.78. The molecule has 0 aromatic heterocycles. The van der Waals surface area contributed by atoms with Crippen LogP contribution in [0.25, 0.3) is 0 Å². The summed E-state index contributed by atoms with van der Waals surface area (Å²) in [6.45, 7) is 6.97. The van der Waals surface area contributed by atoms with Gasteiger partial charge in [0.1, 0.15) is 11.0 Å². The van der Waals surface area contributed by atoms with Gasteiger partial charge in [-0.3, -0.25) is 9.35 Å². The number of hydrogen-bond donors (Lipinski definition) is 1. The normalized spacial score (nSPS) is 13.3. The number of Topliss-reactive ketones (excluding diaryl/α,β-unsaturated/α-hetero) is 1. The van der Waals surface area contributed by atoms with Crippen molar-refractivity contribution in [3.05, 3.63) is 66.8 Å². The number of methoxy groups -OCH3 is 1. The number of ether oxygens (including phenoxy) is 1. The Labute approximate surface area is 130 Å². The minimum absolute atomic E-state index is 0.208. The van der Waals surface area contributed by atoms with Gasteiger partial charge in [0, 0.05) is 12.0 Å². The second kappa shape index (κ2) is 7.72. The van der Waals surface area contributed by atoms with Gasteiger partial charge in [0.25, 0.3) is 10.1 Å². The number of carbonyl (C=O) groups excluding carboxylic acids is 1. The molecule has 0 heterocycles. The van der Waals surface area contributed by atoms with Crippen LogP contribution in [-0.2, 0) is 10.1 Å². The van der Waals surface area contributed by atoms with Crippen LogP contribution in [0, 0.1) is 0 Å². The van der Waals surface area contributed by atoms with E-state index in [0.717, 1.165) is 0 Å². The first kappa shape index (κ1) is 17.9. The standard InChI is InChI=1S/C16H18O5S/c1-4-6-12(5-2)16(22(18,19)20)11-15(17)13-7-9-14(21-3)10-8-13/h4-10,16H,1-2,11H2,3H3,(H,18,19,20)/b12-6+. The van der Waals surface area contributed by atoms with Crippen LogP contribution >= 0.6 is 0 Å². The van der Waals surface area contributed by atoms with E-state index in [1.54, 1.807) is 12.1 Å². The van der Waals surface area contributed by atoms with Gasteiger partial charge >= 0.3 is 0 Å². The predicted molar refractivity (Wildman–Crippen MR) is 85.8 cm³/mol. The molecule has 1 aromatic rings. The maximum atomic E-state index is 12.2. The van der Waals surface area contributed by atoms with Gasteiger partial charge in [-0.1, -0.05) is 31.4 Å². The third-order valence-corrected chi connectivity index (χ3v) is 4.22. The lowest BCUT2D eigenvalue weighted by atomic mass is 10.0. The fraction of sp³-hybridized carbons (Fsp3) is 0.188. The quantitative estimate of drug-likeness (QED) is 0.452. The van der Waals surface area contributed by atoms with Gasteiger partial charge in [-0.15, -0.1) is 0 Å². The molecule has 1 rings (SSSR count). The Balaban J connectivity index is 3.08. The highest BCUT2D eigenvalue weighted by atomic mass is 32.2. The molecule has 0 radical (unpaired) electrons. The zero-order valence-electron chi connectivity index (χ0n) is 12.2. The van der Waals surface area contributed by atoms with Gasteiger partial charge < -0.3 is 4.74 Å². The van der Waals surface area contributed by atoms with E-state index in [1.807, 2.05) is 0 Å². The molecule has 0 fully saturated rings. The lowest BCUT2D eigenvalue weighted by molar-refractivity contribution is 0.0982. The lowest BCUT2D eigenvalue weighted by Gasteiger charge is -2.14. The van der Waals surface area contributed by atoms with Crippen molar-refractivity contribution in [2.24, 2.45) is 0 Å². The van der Waals surface area contributed by atoms with E-state index in [0.29, 0.717) is 11.3 Å².